The van der Waals surface area contributed by atoms with E-state index in [9.17, 15) is 4.79 Å². The summed E-state index contributed by atoms with van der Waals surface area (Å²) in [5.74, 6) is 0.165. The van der Waals surface area contributed by atoms with Gasteiger partial charge in [-0.15, -0.1) is 12.4 Å². The van der Waals surface area contributed by atoms with E-state index in [2.05, 4.69) is 10.4 Å². The summed E-state index contributed by atoms with van der Waals surface area (Å²) in [6, 6.07) is 2.08. The number of hydrogen-bond acceptors (Lipinski definition) is 4. The number of piperidine rings is 1. The van der Waals surface area contributed by atoms with Gasteiger partial charge in [-0.25, -0.2) is 0 Å². The second-order valence-corrected chi connectivity index (χ2v) is 5.67. The Morgan fingerprint density at radius 2 is 2.24 bits per heavy atom. The molecule has 7 heteroatoms. The van der Waals surface area contributed by atoms with Gasteiger partial charge in [-0.3, -0.25) is 9.48 Å². The fourth-order valence-corrected chi connectivity index (χ4v) is 3.22. The van der Waals surface area contributed by atoms with Crippen LogP contribution in [0, 0.1) is 0 Å². The number of ether oxygens (including phenoxy) is 1. The van der Waals surface area contributed by atoms with Crippen LogP contribution >= 0.6 is 12.4 Å². The van der Waals surface area contributed by atoms with Gasteiger partial charge in [0, 0.05) is 26.0 Å². The van der Waals surface area contributed by atoms with E-state index in [4.69, 9.17) is 4.74 Å². The normalized spacial score (nSPS) is 24.3. The number of nitrogens with zero attached hydrogens (tertiary/aromatic N) is 3. The summed E-state index contributed by atoms with van der Waals surface area (Å²) in [5.41, 5.74) is -0.536. The molecule has 118 valence electrons. The lowest BCUT2D eigenvalue weighted by Gasteiger charge is -2.40. The van der Waals surface area contributed by atoms with Crippen molar-refractivity contribution < 1.29 is 9.53 Å². The smallest absolute Gasteiger partial charge is 0.250 e. The maximum atomic E-state index is 13.1. The Labute approximate surface area is 131 Å². The summed E-state index contributed by atoms with van der Waals surface area (Å²) in [7, 11) is 1.90. The molecule has 0 spiro atoms. The highest BCUT2D eigenvalue weighted by Crippen LogP contribution is 2.30. The zero-order valence-electron chi connectivity index (χ0n) is 12.3. The molecule has 0 radical (unpaired) electrons. The van der Waals surface area contributed by atoms with Crippen LogP contribution in [0.4, 0.5) is 0 Å². The van der Waals surface area contributed by atoms with Crippen molar-refractivity contribution in [2.24, 2.45) is 0 Å². The number of hydrogen-bond donors (Lipinski definition) is 1. The van der Waals surface area contributed by atoms with Gasteiger partial charge in [0.25, 0.3) is 5.91 Å². The molecule has 1 amide bonds. The minimum atomic E-state index is -0.536. The number of aromatic nitrogens is 2. The van der Waals surface area contributed by atoms with Gasteiger partial charge >= 0.3 is 0 Å². The van der Waals surface area contributed by atoms with Crippen LogP contribution in [0.3, 0.4) is 0 Å². The first-order chi connectivity index (χ1) is 9.74. The zero-order chi connectivity index (χ0) is 14.0. The van der Waals surface area contributed by atoms with Crippen molar-refractivity contribution >= 4 is 18.3 Å². The molecule has 1 aromatic heterocycles. The van der Waals surface area contributed by atoms with Crippen LogP contribution in [0.15, 0.2) is 18.5 Å². The van der Waals surface area contributed by atoms with Crippen molar-refractivity contribution in [3.8, 4) is 0 Å². The van der Waals surface area contributed by atoms with Crippen molar-refractivity contribution in [2.75, 3.05) is 33.4 Å². The Hall–Kier alpha value is -1.11. The molecular weight excluding hydrogens is 292 g/mol. The average molecular weight is 315 g/mol. The lowest BCUT2D eigenvalue weighted by molar-refractivity contribution is -0.144. The molecule has 3 heterocycles. The topological polar surface area (TPSA) is 59.4 Å². The highest BCUT2D eigenvalue weighted by atomic mass is 35.5. The first kappa shape index (κ1) is 16.3. The van der Waals surface area contributed by atoms with Crippen molar-refractivity contribution in [1.29, 1.82) is 0 Å². The molecule has 0 aromatic carbocycles. The van der Waals surface area contributed by atoms with E-state index in [0.29, 0.717) is 6.61 Å². The van der Waals surface area contributed by atoms with Crippen molar-refractivity contribution in [2.45, 2.75) is 30.8 Å². The maximum Gasteiger partial charge on any atom is 0.250 e. The Kier molecular flexibility index (Phi) is 5.24. The second-order valence-electron chi connectivity index (χ2n) is 5.67. The van der Waals surface area contributed by atoms with Crippen LogP contribution in [-0.2, 0) is 15.1 Å². The molecule has 1 unspecified atom stereocenters. The molecule has 1 atom stereocenters. The number of carbonyl (C=O) groups is 1. The average Bonchev–Trinajstić information content (AvgIpc) is 3.19. The first-order valence-electron chi connectivity index (χ1n) is 7.30. The molecule has 0 bridgehead atoms. The summed E-state index contributed by atoms with van der Waals surface area (Å²) < 4.78 is 7.26. The van der Waals surface area contributed by atoms with E-state index in [-0.39, 0.29) is 24.4 Å². The standard InChI is InChI=1S/C14H22N4O2.ClH/c1-17(12-3-10-20-11-12)13(19)14(4-7-15-8-5-14)18-9-2-6-16-18;/h2,6,9,12,15H,3-5,7-8,10-11H2,1H3;1H. The fourth-order valence-electron chi connectivity index (χ4n) is 3.22. The van der Waals surface area contributed by atoms with Gasteiger partial charge in [0.2, 0.25) is 0 Å². The summed E-state index contributed by atoms with van der Waals surface area (Å²) in [4.78, 5) is 15.0. The number of nitrogens with one attached hydrogen (secondary N) is 1. The predicted octanol–water partition coefficient (Wildman–Crippen LogP) is 0.631. The predicted molar refractivity (Wildman–Crippen MR) is 81.5 cm³/mol. The van der Waals surface area contributed by atoms with Crippen LogP contribution < -0.4 is 5.32 Å². The van der Waals surface area contributed by atoms with E-state index >= 15 is 0 Å². The number of rotatable bonds is 3. The Morgan fingerprint density at radius 1 is 1.48 bits per heavy atom. The molecule has 21 heavy (non-hydrogen) atoms. The highest BCUT2D eigenvalue weighted by molar-refractivity contribution is 5.85. The van der Waals surface area contributed by atoms with Crippen LogP contribution in [-0.4, -0.2) is 60.0 Å². The SMILES string of the molecule is CN(C(=O)C1(n2cccn2)CCNCC1)C1CCOC1.Cl. The van der Waals surface area contributed by atoms with Crippen molar-refractivity contribution in [3.05, 3.63) is 18.5 Å². The zero-order valence-corrected chi connectivity index (χ0v) is 13.1. The monoisotopic (exact) mass is 314 g/mol. The Bertz CT molecular complexity index is 454. The summed E-state index contributed by atoms with van der Waals surface area (Å²) in [5, 5.41) is 7.68. The number of amides is 1. The molecule has 0 aliphatic carbocycles. The molecule has 1 aromatic rings. The largest absolute Gasteiger partial charge is 0.379 e. The molecule has 2 aliphatic rings. The van der Waals surface area contributed by atoms with Gasteiger partial charge in [-0.05, 0) is 38.4 Å². The third-order valence-electron chi connectivity index (χ3n) is 4.55. The number of likely N-dealkylation sites (N-methyl/N-ethyl adjacent to an activating group) is 1. The highest BCUT2D eigenvalue weighted by Gasteiger charge is 2.45. The van der Waals surface area contributed by atoms with Crippen LogP contribution in [0.25, 0.3) is 0 Å². The molecular formula is C14H23ClN4O2. The number of carbonyl (C=O) groups excluding carboxylic acids is 1. The maximum absolute atomic E-state index is 13.1. The van der Waals surface area contributed by atoms with Gasteiger partial charge in [0.15, 0.2) is 0 Å². The fraction of sp³-hybridized carbons (Fsp3) is 0.714. The lowest BCUT2D eigenvalue weighted by atomic mass is 9.86. The van der Waals surface area contributed by atoms with Gasteiger partial charge in [-0.1, -0.05) is 0 Å². The van der Waals surface area contributed by atoms with Crippen molar-refractivity contribution in [1.82, 2.24) is 20.0 Å². The van der Waals surface area contributed by atoms with Crippen molar-refractivity contribution in [3.63, 3.8) is 0 Å². The molecule has 2 aliphatic heterocycles. The Morgan fingerprint density at radius 3 is 2.81 bits per heavy atom. The van der Waals surface area contributed by atoms with Gasteiger partial charge in [-0.2, -0.15) is 5.10 Å². The quantitative estimate of drug-likeness (QED) is 0.889. The summed E-state index contributed by atoms with van der Waals surface area (Å²) in [6.07, 6.45) is 6.14. The molecule has 3 rings (SSSR count). The number of halogens is 1. The van der Waals surface area contributed by atoms with E-state index < -0.39 is 5.54 Å². The molecule has 2 fully saturated rings. The minimum Gasteiger partial charge on any atom is -0.379 e. The molecule has 0 saturated carbocycles. The third-order valence-corrected chi connectivity index (χ3v) is 4.55. The second kappa shape index (κ2) is 6.77. The lowest BCUT2D eigenvalue weighted by Crippen LogP contribution is -2.56. The first-order valence-corrected chi connectivity index (χ1v) is 7.30. The molecule has 6 nitrogen and oxygen atoms in total. The van der Waals surface area contributed by atoms with Gasteiger partial charge in [0.05, 0.1) is 12.6 Å². The Balaban J connectivity index is 0.00000161. The van der Waals surface area contributed by atoms with Gasteiger partial charge in [0.1, 0.15) is 5.54 Å². The van der Waals surface area contributed by atoms with E-state index in [0.717, 1.165) is 39.0 Å². The van der Waals surface area contributed by atoms with E-state index in [1.54, 1.807) is 6.20 Å². The molecule has 1 N–H and O–H groups in total. The molecule has 2 saturated heterocycles. The van der Waals surface area contributed by atoms with Gasteiger partial charge < -0.3 is 15.0 Å². The van der Waals surface area contributed by atoms with Crippen LogP contribution in [0.1, 0.15) is 19.3 Å². The minimum absolute atomic E-state index is 0. The summed E-state index contributed by atoms with van der Waals surface area (Å²) >= 11 is 0. The van der Waals surface area contributed by atoms with Crippen LogP contribution in [0.2, 0.25) is 0 Å². The summed E-state index contributed by atoms with van der Waals surface area (Å²) in [6.45, 7) is 3.09. The van der Waals surface area contributed by atoms with Crippen LogP contribution in [0.5, 0.6) is 0 Å². The van der Waals surface area contributed by atoms with E-state index in [1.807, 2.05) is 28.9 Å². The third kappa shape index (κ3) is 2.93. The van der Waals surface area contributed by atoms with E-state index in [1.165, 1.54) is 0 Å².